The fraction of sp³-hybridized carbons (Fsp3) is 0.429. The first kappa shape index (κ1) is 14.5. The Morgan fingerprint density at radius 2 is 2.05 bits per heavy atom. The lowest BCUT2D eigenvalue weighted by Crippen LogP contribution is -2.38. The average Bonchev–Trinajstić information content (AvgIpc) is 2.47. The molecule has 0 amide bonds. The van der Waals surface area contributed by atoms with Crippen LogP contribution in [0, 0.1) is 0 Å². The van der Waals surface area contributed by atoms with Crippen molar-refractivity contribution >= 4 is 17.4 Å². The zero-order valence-electron chi connectivity index (χ0n) is 11.5. The van der Waals surface area contributed by atoms with E-state index in [9.17, 15) is 4.79 Å². The van der Waals surface area contributed by atoms with Crippen LogP contribution in [0.4, 0.5) is 5.69 Å². The highest BCUT2D eigenvalue weighted by molar-refractivity contribution is 5.97. The second-order valence-corrected chi connectivity index (χ2v) is 4.51. The van der Waals surface area contributed by atoms with E-state index >= 15 is 0 Å². The molecule has 108 valence electrons. The van der Waals surface area contributed by atoms with Gasteiger partial charge in [0, 0.05) is 5.71 Å². The molecule has 1 saturated heterocycles. The molecule has 1 aromatic rings. The average molecular weight is 277 g/mol. The van der Waals surface area contributed by atoms with Crippen molar-refractivity contribution in [1.82, 2.24) is 5.06 Å². The monoisotopic (exact) mass is 277 g/mol. The van der Waals surface area contributed by atoms with E-state index in [0.29, 0.717) is 32.0 Å². The van der Waals surface area contributed by atoms with Gasteiger partial charge in [0.05, 0.1) is 38.4 Å². The van der Waals surface area contributed by atoms with Gasteiger partial charge in [0.25, 0.3) is 0 Å². The zero-order valence-corrected chi connectivity index (χ0v) is 11.5. The second-order valence-electron chi connectivity index (χ2n) is 4.51. The Kier molecular flexibility index (Phi) is 5.52. The van der Waals surface area contributed by atoms with Gasteiger partial charge in [0.1, 0.15) is 0 Å². The zero-order chi connectivity index (χ0) is 14.2. The Morgan fingerprint density at radius 3 is 2.75 bits per heavy atom. The predicted molar refractivity (Wildman–Crippen MR) is 76.3 cm³/mol. The summed E-state index contributed by atoms with van der Waals surface area (Å²) in [4.78, 5) is 16.9. The van der Waals surface area contributed by atoms with Crippen LogP contribution in [-0.4, -0.2) is 43.0 Å². The van der Waals surface area contributed by atoms with Gasteiger partial charge in [-0.15, -0.1) is 5.06 Å². The number of rotatable bonds is 5. The van der Waals surface area contributed by atoms with Gasteiger partial charge in [-0.1, -0.05) is 18.2 Å². The maximum atomic E-state index is 11.7. The lowest BCUT2D eigenvalue weighted by molar-refractivity contribution is -0.203. The molecule has 2 rings (SSSR count). The fourth-order valence-corrected chi connectivity index (χ4v) is 1.74. The van der Waals surface area contributed by atoms with E-state index in [2.05, 4.69) is 10.5 Å². The summed E-state index contributed by atoms with van der Waals surface area (Å²) < 4.78 is 5.18. The van der Waals surface area contributed by atoms with Crippen LogP contribution in [-0.2, 0) is 14.4 Å². The van der Waals surface area contributed by atoms with Crippen molar-refractivity contribution in [2.45, 2.75) is 13.3 Å². The largest absolute Gasteiger partial charge is 0.379 e. The highest BCUT2D eigenvalue weighted by atomic mass is 16.7. The van der Waals surface area contributed by atoms with Crippen LogP contribution in [0.2, 0.25) is 0 Å². The van der Waals surface area contributed by atoms with Crippen molar-refractivity contribution in [3.05, 3.63) is 30.3 Å². The first-order valence-electron chi connectivity index (χ1n) is 6.62. The number of para-hydroxylation sites is 1. The third-order valence-corrected chi connectivity index (χ3v) is 2.75. The fourth-order valence-electron chi connectivity index (χ4n) is 1.74. The molecule has 1 heterocycles. The number of carbonyl (C=O) groups excluding carboxylic acids is 1. The Bertz CT molecular complexity index is 456. The molecule has 1 aromatic carbocycles. The molecule has 0 saturated carbocycles. The van der Waals surface area contributed by atoms with Gasteiger partial charge in [0.2, 0.25) is 0 Å². The summed E-state index contributed by atoms with van der Waals surface area (Å²) in [6.45, 7) is 4.21. The normalized spacial score (nSPS) is 16.8. The molecule has 20 heavy (non-hydrogen) atoms. The molecule has 0 bridgehead atoms. The number of hydrogen-bond donors (Lipinski definition) is 1. The number of ether oxygens (including phenoxy) is 1. The minimum atomic E-state index is -0.303. The summed E-state index contributed by atoms with van der Waals surface area (Å²) in [6, 6.07) is 9.58. The van der Waals surface area contributed by atoms with Crippen molar-refractivity contribution in [2.24, 2.45) is 5.10 Å². The summed E-state index contributed by atoms with van der Waals surface area (Å²) >= 11 is 0. The van der Waals surface area contributed by atoms with Crippen LogP contribution < -0.4 is 5.43 Å². The first-order valence-corrected chi connectivity index (χ1v) is 6.62. The highest BCUT2D eigenvalue weighted by Crippen LogP contribution is 2.05. The quantitative estimate of drug-likeness (QED) is 0.655. The van der Waals surface area contributed by atoms with Crippen molar-refractivity contribution in [2.75, 3.05) is 31.7 Å². The van der Waals surface area contributed by atoms with Gasteiger partial charge in [-0.2, -0.15) is 5.10 Å². The number of morpholine rings is 1. The van der Waals surface area contributed by atoms with E-state index < -0.39 is 0 Å². The highest BCUT2D eigenvalue weighted by Gasteiger charge is 2.15. The van der Waals surface area contributed by atoms with E-state index in [0.717, 1.165) is 5.69 Å². The number of anilines is 1. The second kappa shape index (κ2) is 7.62. The minimum Gasteiger partial charge on any atom is -0.379 e. The van der Waals surface area contributed by atoms with Gasteiger partial charge in [0.15, 0.2) is 0 Å². The van der Waals surface area contributed by atoms with Crippen molar-refractivity contribution in [1.29, 1.82) is 0 Å². The van der Waals surface area contributed by atoms with E-state index in [4.69, 9.17) is 9.57 Å². The predicted octanol–water partition coefficient (Wildman–Crippen LogP) is 1.65. The Balaban J connectivity index is 1.75. The van der Waals surface area contributed by atoms with Crippen LogP contribution in [0.5, 0.6) is 0 Å². The summed E-state index contributed by atoms with van der Waals surface area (Å²) in [7, 11) is 0. The molecule has 0 radical (unpaired) electrons. The van der Waals surface area contributed by atoms with E-state index in [1.54, 1.807) is 12.0 Å². The number of hydrogen-bond acceptors (Lipinski definition) is 6. The molecule has 0 aliphatic carbocycles. The maximum absolute atomic E-state index is 11.7. The number of nitrogens with zero attached hydrogens (tertiary/aromatic N) is 2. The summed E-state index contributed by atoms with van der Waals surface area (Å²) in [5.74, 6) is -0.303. The Hall–Kier alpha value is -1.92. The smallest absolute Gasteiger partial charge is 0.330 e. The molecule has 1 aliphatic heterocycles. The van der Waals surface area contributed by atoms with Crippen LogP contribution in [0.15, 0.2) is 35.4 Å². The molecule has 6 heteroatoms. The molecule has 0 atom stereocenters. The van der Waals surface area contributed by atoms with E-state index in [-0.39, 0.29) is 12.4 Å². The van der Waals surface area contributed by atoms with Crippen LogP contribution >= 0.6 is 0 Å². The summed E-state index contributed by atoms with van der Waals surface area (Å²) in [5, 5.41) is 5.78. The van der Waals surface area contributed by atoms with Gasteiger partial charge in [-0.25, -0.2) is 4.79 Å². The van der Waals surface area contributed by atoms with Crippen molar-refractivity contribution in [3.8, 4) is 0 Å². The molecule has 1 aliphatic rings. The summed E-state index contributed by atoms with van der Waals surface area (Å²) in [5.41, 5.74) is 4.46. The standard InChI is InChI=1S/C14H19N3O3/c1-12(15-16-13-5-3-2-4-6-13)11-14(18)20-17-7-9-19-10-8-17/h2-6,16H,7-11H2,1H3. The first-order chi connectivity index (χ1) is 9.74. The maximum Gasteiger partial charge on any atom is 0.330 e. The van der Waals surface area contributed by atoms with Crippen molar-refractivity contribution in [3.63, 3.8) is 0 Å². The topological polar surface area (TPSA) is 63.2 Å². The SMILES string of the molecule is CC(CC(=O)ON1CCOCC1)=NNc1ccccc1. The lowest BCUT2D eigenvalue weighted by atomic mass is 10.3. The minimum absolute atomic E-state index is 0.164. The van der Waals surface area contributed by atoms with Crippen LogP contribution in [0.25, 0.3) is 0 Å². The van der Waals surface area contributed by atoms with Gasteiger partial charge in [-0.3, -0.25) is 5.43 Å². The lowest BCUT2D eigenvalue weighted by Gasteiger charge is -2.24. The Morgan fingerprint density at radius 1 is 1.35 bits per heavy atom. The molecule has 6 nitrogen and oxygen atoms in total. The molecular weight excluding hydrogens is 258 g/mol. The van der Waals surface area contributed by atoms with E-state index in [1.165, 1.54) is 0 Å². The molecule has 1 fully saturated rings. The summed E-state index contributed by atoms with van der Waals surface area (Å²) in [6.07, 6.45) is 0.164. The molecule has 1 N–H and O–H groups in total. The van der Waals surface area contributed by atoms with Crippen molar-refractivity contribution < 1.29 is 14.4 Å². The van der Waals surface area contributed by atoms with Crippen LogP contribution in [0.1, 0.15) is 13.3 Å². The molecule has 0 spiro atoms. The third kappa shape index (κ3) is 4.99. The third-order valence-electron chi connectivity index (χ3n) is 2.75. The number of hydroxylamine groups is 2. The van der Waals surface area contributed by atoms with Gasteiger partial charge >= 0.3 is 5.97 Å². The Labute approximate surface area is 118 Å². The van der Waals surface area contributed by atoms with E-state index in [1.807, 2.05) is 30.3 Å². The van der Waals surface area contributed by atoms with Crippen LogP contribution in [0.3, 0.4) is 0 Å². The molecule has 0 unspecified atom stereocenters. The molecule has 0 aromatic heterocycles. The number of hydrazone groups is 1. The molecular formula is C14H19N3O3. The number of benzene rings is 1. The number of carbonyl (C=O) groups is 1. The van der Waals surface area contributed by atoms with Gasteiger partial charge < -0.3 is 9.57 Å². The van der Waals surface area contributed by atoms with Gasteiger partial charge in [-0.05, 0) is 19.1 Å². The number of nitrogens with one attached hydrogen (secondary N) is 1.